The molecule has 2 rings (SSSR count). The first-order valence-corrected chi connectivity index (χ1v) is 8.49. The van der Waals surface area contributed by atoms with Gasteiger partial charge in [0.15, 0.2) is 0 Å². The number of hydrogen-bond donors (Lipinski definition) is 1. The summed E-state index contributed by atoms with van der Waals surface area (Å²) in [5.74, 6) is 0.981. The Kier molecular flexibility index (Phi) is 6.42. The highest BCUT2D eigenvalue weighted by atomic mass is 16.5. The van der Waals surface area contributed by atoms with Crippen LogP contribution in [0.25, 0.3) is 0 Å². The Labute approximate surface area is 139 Å². The first-order valence-electron chi connectivity index (χ1n) is 8.49. The second kappa shape index (κ2) is 8.31. The predicted octanol–water partition coefficient (Wildman–Crippen LogP) is 2.03. The van der Waals surface area contributed by atoms with E-state index in [0.29, 0.717) is 6.04 Å². The number of benzene rings is 1. The lowest BCUT2D eigenvalue weighted by Gasteiger charge is -2.39. The van der Waals surface area contributed by atoms with Crippen LogP contribution in [0.3, 0.4) is 0 Å². The van der Waals surface area contributed by atoms with Crippen molar-refractivity contribution in [3.05, 3.63) is 29.8 Å². The number of rotatable bonds is 6. The van der Waals surface area contributed by atoms with Gasteiger partial charge in [-0.2, -0.15) is 0 Å². The number of ether oxygens (including phenoxy) is 1. The van der Waals surface area contributed by atoms with Crippen LogP contribution in [0.1, 0.15) is 38.3 Å². The third kappa shape index (κ3) is 4.45. The summed E-state index contributed by atoms with van der Waals surface area (Å²) in [6, 6.07) is 8.16. The second-order valence-electron chi connectivity index (χ2n) is 6.21. The first kappa shape index (κ1) is 17.8. The molecule has 5 heteroatoms. The van der Waals surface area contributed by atoms with Crippen LogP contribution in [0.15, 0.2) is 24.3 Å². The molecule has 0 aliphatic carbocycles. The van der Waals surface area contributed by atoms with Gasteiger partial charge in [-0.05, 0) is 31.0 Å². The van der Waals surface area contributed by atoms with Crippen LogP contribution in [0.2, 0.25) is 0 Å². The molecular formula is C18H29N3O2. The number of hydrogen-bond acceptors (Lipinski definition) is 4. The number of carbonyl (C=O) groups excluding carboxylic acids is 1. The SMILES string of the molecule is CCC[C@@H](N)C(=O)N1CCN([C@@H](C)c2cccc(OC)c2)CC1. The van der Waals surface area contributed by atoms with E-state index >= 15 is 0 Å². The molecule has 1 fully saturated rings. The Balaban J connectivity index is 1.91. The van der Waals surface area contributed by atoms with Crippen LogP contribution >= 0.6 is 0 Å². The van der Waals surface area contributed by atoms with Gasteiger partial charge >= 0.3 is 0 Å². The van der Waals surface area contributed by atoms with Crippen molar-refractivity contribution in [2.75, 3.05) is 33.3 Å². The van der Waals surface area contributed by atoms with Gasteiger partial charge in [0.25, 0.3) is 0 Å². The Morgan fingerprint density at radius 2 is 2.00 bits per heavy atom. The van der Waals surface area contributed by atoms with Crippen LogP contribution < -0.4 is 10.5 Å². The van der Waals surface area contributed by atoms with Crippen molar-refractivity contribution in [2.45, 2.75) is 38.8 Å². The molecule has 1 saturated heterocycles. The van der Waals surface area contributed by atoms with E-state index in [2.05, 4.69) is 30.9 Å². The van der Waals surface area contributed by atoms with Gasteiger partial charge in [0.05, 0.1) is 13.2 Å². The quantitative estimate of drug-likeness (QED) is 0.871. The molecule has 1 heterocycles. The summed E-state index contributed by atoms with van der Waals surface area (Å²) >= 11 is 0. The summed E-state index contributed by atoms with van der Waals surface area (Å²) in [6.07, 6.45) is 1.71. The Morgan fingerprint density at radius 3 is 2.61 bits per heavy atom. The molecule has 2 atom stereocenters. The number of methoxy groups -OCH3 is 1. The maximum Gasteiger partial charge on any atom is 0.239 e. The average Bonchev–Trinajstić information content (AvgIpc) is 2.60. The van der Waals surface area contributed by atoms with E-state index in [1.54, 1.807) is 7.11 Å². The molecule has 0 radical (unpaired) electrons. The third-order valence-electron chi connectivity index (χ3n) is 4.67. The number of nitrogens with two attached hydrogens (primary N) is 1. The summed E-state index contributed by atoms with van der Waals surface area (Å²) in [5, 5.41) is 0. The maximum absolute atomic E-state index is 12.3. The number of piperazine rings is 1. The fourth-order valence-electron chi connectivity index (χ4n) is 3.11. The summed E-state index contributed by atoms with van der Waals surface area (Å²) in [6.45, 7) is 7.52. The van der Waals surface area contributed by atoms with Gasteiger partial charge in [0.2, 0.25) is 5.91 Å². The average molecular weight is 319 g/mol. The van der Waals surface area contributed by atoms with E-state index in [1.165, 1.54) is 5.56 Å². The molecule has 23 heavy (non-hydrogen) atoms. The Hall–Kier alpha value is -1.59. The van der Waals surface area contributed by atoms with Crippen LogP contribution in [-0.2, 0) is 4.79 Å². The number of amides is 1. The first-order chi connectivity index (χ1) is 11.1. The van der Waals surface area contributed by atoms with Crippen LogP contribution in [0.5, 0.6) is 5.75 Å². The minimum Gasteiger partial charge on any atom is -0.497 e. The maximum atomic E-state index is 12.3. The summed E-state index contributed by atoms with van der Waals surface area (Å²) in [7, 11) is 1.69. The smallest absolute Gasteiger partial charge is 0.239 e. The van der Waals surface area contributed by atoms with Gasteiger partial charge in [-0.3, -0.25) is 9.69 Å². The van der Waals surface area contributed by atoms with E-state index in [-0.39, 0.29) is 11.9 Å². The predicted molar refractivity (Wildman–Crippen MR) is 92.4 cm³/mol. The summed E-state index contributed by atoms with van der Waals surface area (Å²) < 4.78 is 5.30. The van der Waals surface area contributed by atoms with Gasteiger partial charge < -0.3 is 15.4 Å². The van der Waals surface area contributed by atoms with Crippen molar-refractivity contribution in [3.63, 3.8) is 0 Å². The van der Waals surface area contributed by atoms with Crippen molar-refractivity contribution in [1.82, 2.24) is 9.80 Å². The molecule has 1 aromatic carbocycles. The molecule has 0 aromatic heterocycles. The zero-order valence-electron chi connectivity index (χ0n) is 14.5. The van der Waals surface area contributed by atoms with Gasteiger partial charge in [-0.15, -0.1) is 0 Å². The van der Waals surface area contributed by atoms with Crippen molar-refractivity contribution >= 4 is 5.91 Å². The minimum atomic E-state index is -0.345. The largest absolute Gasteiger partial charge is 0.497 e. The van der Waals surface area contributed by atoms with Crippen LogP contribution in [-0.4, -0.2) is 55.0 Å². The molecule has 5 nitrogen and oxygen atoms in total. The molecule has 1 aromatic rings. The highest BCUT2D eigenvalue weighted by molar-refractivity contribution is 5.81. The number of carbonyl (C=O) groups is 1. The van der Waals surface area contributed by atoms with Crippen molar-refractivity contribution in [3.8, 4) is 5.75 Å². The molecule has 2 N–H and O–H groups in total. The summed E-state index contributed by atoms with van der Waals surface area (Å²) in [4.78, 5) is 16.6. The number of nitrogens with zero attached hydrogens (tertiary/aromatic N) is 2. The van der Waals surface area contributed by atoms with E-state index in [4.69, 9.17) is 10.5 Å². The molecule has 1 aliphatic rings. The van der Waals surface area contributed by atoms with Crippen molar-refractivity contribution in [1.29, 1.82) is 0 Å². The van der Waals surface area contributed by atoms with Crippen LogP contribution in [0, 0.1) is 0 Å². The molecular weight excluding hydrogens is 290 g/mol. The highest BCUT2D eigenvalue weighted by Crippen LogP contribution is 2.25. The summed E-state index contributed by atoms with van der Waals surface area (Å²) in [5.41, 5.74) is 7.20. The molecule has 1 aliphatic heterocycles. The van der Waals surface area contributed by atoms with E-state index in [9.17, 15) is 4.79 Å². The van der Waals surface area contributed by atoms with Crippen molar-refractivity contribution in [2.24, 2.45) is 5.73 Å². The van der Waals surface area contributed by atoms with Gasteiger partial charge in [0, 0.05) is 32.2 Å². The van der Waals surface area contributed by atoms with Gasteiger partial charge in [-0.1, -0.05) is 25.5 Å². The zero-order chi connectivity index (χ0) is 16.8. The van der Waals surface area contributed by atoms with Gasteiger partial charge in [0.1, 0.15) is 5.75 Å². The van der Waals surface area contributed by atoms with Crippen molar-refractivity contribution < 1.29 is 9.53 Å². The molecule has 128 valence electrons. The molecule has 0 spiro atoms. The lowest BCUT2D eigenvalue weighted by atomic mass is 10.1. The van der Waals surface area contributed by atoms with Crippen LogP contribution in [0.4, 0.5) is 0 Å². The van der Waals surface area contributed by atoms with E-state index in [0.717, 1.165) is 44.8 Å². The van der Waals surface area contributed by atoms with E-state index < -0.39 is 0 Å². The topological polar surface area (TPSA) is 58.8 Å². The molecule has 0 bridgehead atoms. The fraction of sp³-hybridized carbons (Fsp3) is 0.611. The lowest BCUT2D eigenvalue weighted by Crippen LogP contribution is -2.53. The normalized spacial score (nSPS) is 18.5. The lowest BCUT2D eigenvalue weighted by molar-refractivity contribution is -0.134. The Bertz CT molecular complexity index is 513. The molecule has 0 unspecified atom stereocenters. The molecule has 1 amide bonds. The second-order valence-corrected chi connectivity index (χ2v) is 6.21. The van der Waals surface area contributed by atoms with E-state index in [1.807, 2.05) is 17.0 Å². The Morgan fingerprint density at radius 1 is 1.30 bits per heavy atom. The molecule has 0 saturated carbocycles. The standard InChI is InChI=1S/C18H29N3O2/c1-4-6-17(19)18(22)21-11-9-20(10-12-21)14(2)15-7-5-8-16(13-15)23-3/h5,7-8,13-14,17H,4,6,9-12,19H2,1-3H3/t14-,17+/m0/s1. The minimum absolute atomic E-state index is 0.0977. The highest BCUT2D eigenvalue weighted by Gasteiger charge is 2.27. The zero-order valence-corrected chi connectivity index (χ0v) is 14.5. The third-order valence-corrected chi connectivity index (χ3v) is 4.67. The van der Waals surface area contributed by atoms with Gasteiger partial charge in [-0.25, -0.2) is 0 Å². The fourth-order valence-corrected chi connectivity index (χ4v) is 3.11. The monoisotopic (exact) mass is 319 g/mol.